The highest BCUT2D eigenvalue weighted by atomic mass is 32.2. The monoisotopic (exact) mass is 366 g/mol. The Morgan fingerprint density at radius 2 is 1.67 bits per heavy atom. The normalized spacial score (nSPS) is 16.3. The largest absolute Gasteiger partial charge is 0.407 e. The van der Waals surface area contributed by atoms with Gasteiger partial charge in [-0.05, 0) is 43.1 Å². The van der Waals surface area contributed by atoms with Crippen molar-refractivity contribution in [1.29, 1.82) is 0 Å². The summed E-state index contributed by atoms with van der Waals surface area (Å²) in [5.41, 5.74) is 0. The standard InChI is InChI=1S/C20H34O2SSi/c1-15(2)14-18(23-17-12-10-9-11-13-17)19(16(3)21)22-24(7,8)20(4,5)6/h9-16,19,21H,1-8H3/b18-14+/t16-,19-/m0/s1. The van der Waals surface area contributed by atoms with Gasteiger partial charge in [0.05, 0.1) is 6.10 Å². The number of allylic oxidation sites excluding steroid dienone is 1. The van der Waals surface area contributed by atoms with Gasteiger partial charge in [-0.25, -0.2) is 0 Å². The molecule has 0 saturated carbocycles. The van der Waals surface area contributed by atoms with Crippen LogP contribution in [0.15, 0.2) is 46.2 Å². The van der Waals surface area contributed by atoms with E-state index in [0.717, 1.165) is 4.91 Å². The smallest absolute Gasteiger partial charge is 0.193 e. The molecule has 0 spiro atoms. The van der Waals surface area contributed by atoms with Crippen LogP contribution in [0.2, 0.25) is 18.1 Å². The van der Waals surface area contributed by atoms with E-state index in [1.807, 2.05) is 25.1 Å². The Bertz CT molecular complexity index is 530. The zero-order valence-electron chi connectivity index (χ0n) is 16.5. The lowest BCUT2D eigenvalue weighted by Crippen LogP contribution is -2.47. The van der Waals surface area contributed by atoms with Gasteiger partial charge in [-0.2, -0.15) is 0 Å². The number of aliphatic hydroxyl groups is 1. The average molecular weight is 367 g/mol. The maximum absolute atomic E-state index is 10.4. The van der Waals surface area contributed by atoms with E-state index in [-0.39, 0.29) is 11.1 Å². The van der Waals surface area contributed by atoms with Gasteiger partial charge < -0.3 is 9.53 Å². The van der Waals surface area contributed by atoms with E-state index >= 15 is 0 Å². The lowest BCUT2D eigenvalue weighted by atomic mass is 10.1. The van der Waals surface area contributed by atoms with Crippen LogP contribution < -0.4 is 0 Å². The Balaban J connectivity index is 3.15. The van der Waals surface area contributed by atoms with Gasteiger partial charge in [0.2, 0.25) is 0 Å². The van der Waals surface area contributed by atoms with Gasteiger partial charge in [0.1, 0.15) is 6.10 Å². The van der Waals surface area contributed by atoms with E-state index in [1.54, 1.807) is 11.8 Å². The summed E-state index contributed by atoms with van der Waals surface area (Å²) in [4.78, 5) is 2.28. The number of thioether (sulfide) groups is 1. The Kier molecular flexibility index (Phi) is 7.79. The fraction of sp³-hybridized carbons (Fsp3) is 0.600. The van der Waals surface area contributed by atoms with Crippen molar-refractivity contribution in [3.05, 3.63) is 41.3 Å². The molecule has 0 aromatic heterocycles. The summed E-state index contributed by atoms with van der Waals surface area (Å²) in [6.45, 7) is 17.3. The third kappa shape index (κ3) is 6.39. The molecule has 24 heavy (non-hydrogen) atoms. The van der Waals surface area contributed by atoms with E-state index in [2.05, 4.69) is 65.9 Å². The Morgan fingerprint density at radius 3 is 2.08 bits per heavy atom. The maximum atomic E-state index is 10.4. The molecule has 136 valence electrons. The Labute approximate surface area is 153 Å². The molecule has 1 aromatic rings. The van der Waals surface area contributed by atoms with Gasteiger partial charge >= 0.3 is 0 Å². The lowest BCUT2D eigenvalue weighted by Gasteiger charge is -2.40. The van der Waals surface area contributed by atoms with Crippen molar-refractivity contribution in [1.82, 2.24) is 0 Å². The molecule has 0 bridgehead atoms. The zero-order chi connectivity index (χ0) is 18.5. The first-order chi connectivity index (χ1) is 10.9. The van der Waals surface area contributed by atoms with Gasteiger partial charge in [-0.15, -0.1) is 0 Å². The summed E-state index contributed by atoms with van der Waals surface area (Å²) in [6, 6.07) is 10.3. The number of hydrogen-bond acceptors (Lipinski definition) is 3. The van der Waals surface area contributed by atoms with Gasteiger partial charge in [0.25, 0.3) is 0 Å². The molecule has 0 aliphatic rings. The van der Waals surface area contributed by atoms with Gasteiger partial charge in [-0.3, -0.25) is 0 Å². The molecular weight excluding hydrogens is 332 g/mol. The number of rotatable bonds is 7. The van der Waals surface area contributed by atoms with Crippen molar-refractivity contribution < 1.29 is 9.53 Å². The van der Waals surface area contributed by atoms with E-state index in [1.165, 1.54) is 4.90 Å². The minimum absolute atomic E-state index is 0.112. The highest BCUT2D eigenvalue weighted by Gasteiger charge is 2.41. The van der Waals surface area contributed by atoms with Gasteiger partial charge in [0, 0.05) is 9.80 Å². The van der Waals surface area contributed by atoms with Crippen LogP contribution in [0.1, 0.15) is 41.5 Å². The molecule has 1 rings (SSSR count). The highest BCUT2D eigenvalue weighted by Crippen LogP contribution is 2.41. The summed E-state index contributed by atoms with van der Waals surface area (Å²) in [7, 11) is -1.98. The first-order valence-corrected chi connectivity index (χ1v) is 12.5. The molecular formula is C20H34O2SSi. The quantitative estimate of drug-likeness (QED) is 0.468. The molecule has 0 fully saturated rings. The van der Waals surface area contributed by atoms with E-state index in [4.69, 9.17) is 4.43 Å². The van der Waals surface area contributed by atoms with Gasteiger partial charge in [0.15, 0.2) is 8.32 Å². The van der Waals surface area contributed by atoms with Crippen LogP contribution >= 0.6 is 11.8 Å². The fourth-order valence-electron chi connectivity index (χ4n) is 2.03. The molecule has 1 N–H and O–H groups in total. The van der Waals surface area contributed by atoms with Crippen molar-refractivity contribution in [3.63, 3.8) is 0 Å². The number of hydrogen-bond donors (Lipinski definition) is 1. The van der Waals surface area contributed by atoms with Crippen molar-refractivity contribution in [2.45, 2.75) is 76.8 Å². The molecule has 4 heteroatoms. The van der Waals surface area contributed by atoms with Crippen molar-refractivity contribution in [2.24, 2.45) is 5.92 Å². The SMILES string of the molecule is CC(C)/C=C(/Sc1ccccc1)[C@@H](O[Si](C)(C)C(C)(C)C)[C@H](C)O. The molecule has 2 nitrogen and oxygen atoms in total. The third-order valence-electron chi connectivity index (χ3n) is 4.42. The second kappa shape index (κ2) is 8.70. The van der Waals surface area contributed by atoms with Gasteiger partial charge in [-0.1, -0.05) is 70.7 Å². The summed E-state index contributed by atoms with van der Waals surface area (Å²) in [6.07, 6.45) is 1.40. The third-order valence-corrected chi connectivity index (χ3v) is 9.99. The molecule has 0 radical (unpaired) electrons. The van der Waals surface area contributed by atoms with E-state index < -0.39 is 14.4 Å². The molecule has 0 aliphatic carbocycles. The first-order valence-electron chi connectivity index (χ1n) is 8.74. The zero-order valence-corrected chi connectivity index (χ0v) is 18.3. The number of benzene rings is 1. The maximum Gasteiger partial charge on any atom is 0.193 e. The van der Waals surface area contributed by atoms with Crippen molar-refractivity contribution in [3.8, 4) is 0 Å². The average Bonchev–Trinajstić information content (AvgIpc) is 2.43. The molecule has 1 aromatic carbocycles. The van der Waals surface area contributed by atoms with E-state index in [9.17, 15) is 5.11 Å². The molecule has 0 heterocycles. The minimum atomic E-state index is -1.98. The highest BCUT2D eigenvalue weighted by molar-refractivity contribution is 8.03. The van der Waals surface area contributed by atoms with Crippen LogP contribution in [0, 0.1) is 5.92 Å². The second-order valence-electron chi connectivity index (χ2n) is 8.27. The predicted octanol–water partition coefficient (Wildman–Crippen LogP) is 6.09. The second-order valence-corrected chi connectivity index (χ2v) is 14.2. The summed E-state index contributed by atoms with van der Waals surface area (Å²) in [5, 5.41) is 10.6. The molecule has 0 amide bonds. The molecule has 2 atom stereocenters. The Hall–Kier alpha value is -0.553. The fourth-order valence-corrected chi connectivity index (χ4v) is 4.69. The minimum Gasteiger partial charge on any atom is -0.407 e. The van der Waals surface area contributed by atoms with Crippen LogP contribution in [0.5, 0.6) is 0 Å². The summed E-state index contributed by atoms with van der Waals surface area (Å²) < 4.78 is 6.60. The van der Waals surface area contributed by atoms with Crippen LogP contribution in [0.25, 0.3) is 0 Å². The first kappa shape index (κ1) is 21.5. The molecule has 0 aliphatic heterocycles. The van der Waals surface area contributed by atoms with Crippen molar-refractivity contribution in [2.75, 3.05) is 0 Å². The van der Waals surface area contributed by atoms with Crippen LogP contribution in [-0.4, -0.2) is 25.6 Å². The van der Waals surface area contributed by atoms with E-state index in [0.29, 0.717) is 5.92 Å². The van der Waals surface area contributed by atoms with Crippen molar-refractivity contribution >= 4 is 20.1 Å². The summed E-state index contributed by atoms with van der Waals surface area (Å²) in [5.74, 6) is 0.403. The number of aliphatic hydroxyl groups excluding tert-OH is 1. The molecule has 0 unspecified atom stereocenters. The summed E-state index contributed by atoms with van der Waals surface area (Å²) >= 11 is 1.70. The van der Waals surface area contributed by atoms with Crippen LogP contribution in [-0.2, 0) is 4.43 Å². The topological polar surface area (TPSA) is 29.5 Å². The van der Waals surface area contributed by atoms with Crippen LogP contribution in [0.3, 0.4) is 0 Å². The lowest BCUT2D eigenvalue weighted by molar-refractivity contribution is 0.0661. The van der Waals surface area contributed by atoms with Crippen LogP contribution in [0.4, 0.5) is 0 Å². The predicted molar refractivity (Wildman–Crippen MR) is 109 cm³/mol. The molecule has 0 saturated heterocycles. The Morgan fingerprint density at radius 1 is 1.12 bits per heavy atom.